The summed E-state index contributed by atoms with van der Waals surface area (Å²) in [4.78, 5) is 19.8. The summed E-state index contributed by atoms with van der Waals surface area (Å²) in [6, 6.07) is 17.6. The highest BCUT2D eigenvalue weighted by Crippen LogP contribution is 2.47. The summed E-state index contributed by atoms with van der Waals surface area (Å²) in [6.07, 6.45) is 0. The van der Waals surface area contributed by atoms with Crippen molar-refractivity contribution in [1.29, 1.82) is 5.26 Å². The maximum atomic E-state index is 14.3. The molecule has 0 saturated carbocycles. The SMILES string of the molecule is COc1ccc(CN2C(=O)c3c(c(N)cc4nc(C#N)ccc34)C2c2cc(F)ccc2Cl)cc1. The summed E-state index contributed by atoms with van der Waals surface area (Å²) in [5.74, 6) is -0.0524. The number of anilines is 1. The molecule has 0 fully saturated rings. The molecule has 168 valence electrons. The van der Waals surface area contributed by atoms with Gasteiger partial charge in [0.05, 0.1) is 24.2 Å². The number of halogens is 2. The molecule has 0 radical (unpaired) electrons. The van der Waals surface area contributed by atoms with E-state index >= 15 is 0 Å². The molecule has 5 rings (SSSR count). The highest BCUT2D eigenvalue weighted by atomic mass is 35.5. The third-order valence-corrected chi connectivity index (χ3v) is 6.35. The summed E-state index contributed by atoms with van der Waals surface area (Å²) in [6.45, 7) is 0.236. The fourth-order valence-electron chi connectivity index (χ4n) is 4.45. The molecule has 8 heteroatoms. The molecule has 0 aliphatic carbocycles. The number of nitrogens with zero attached hydrogens (tertiary/aromatic N) is 3. The van der Waals surface area contributed by atoms with Crippen molar-refractivity contribution in [2.24, 2.45) is 0 Å². The quantitative estimate of drug-likeness (QED) is 0.410. The third-order valence-electron chi connectivity index (χ3n) is 6.01. The van der Waals surface area contributed by atoms with E-state index < -0.39 is 11.9 Å². The Bertz CT molecular complexity index is 1500. The molecule has 34 heavy (non-hydrogen) atoms. The lowest BCUT2D eigenvalue weighted by atomic mass is 9.93. The lowest BCUT2D eigenvalue weighted by Crippen LogP contribution is -2.28. The minimum absolute atomic E-state index is 0.220. The Balaban J connectivity index is 1.73. The molecule has 6 nitrogen and oxygen atoms in total. The Hall–Kier alpha value is -4.15. The van der Waals surface area contributed by atoms with Crippen LogP contribution < -0.4 is 10.5 Å². The monoisotopic (exact) mass is 472 g/mol. The van der Waals surface area contributed by atoms with E-state index in [1.165, 1.54) is 18.2 Å². The van der Waals surface area contributed by atoms with E-state index in [9.17, 15) is 14.4 Å². The van der Waals surface area contributed by atoms with E-state index in [2.05, 4.69) is 4.98 Å². The Morgan fingerprint density at radius 2 is 1.94 bits per heavy atom. The molecule has 0 bridgehead atoms. The summed E-state index contributed by atoms with van der Waals surface area (Å²) in [7, 11) is 1.58. The van der Waals surface area contributed by atoms with Crippen LogP contribution in [-0.4, -0.2) is 22.9 Å². The second-order valence-electron chi connectivity index (χ2n) is 7.98. The number of fused-ring (bicyclic) bond motifs is 3. The number of nitriles is 1. The lowest BCUT2D eigenvalue weighted by Gasteiger charge is -2.27. The van der Waals surface area contributed by atoms with Crippen LogP contribution in [0.2, 0.25) is 5.02 Å². The van der Waals surface area contributed by atoms with Gasteiger partial charge in [0.2, 0.25) is 0 Å². The average molecular weight is 473 g/mol. The number of nitrogens with two attached hydrogens (primary N) is 1. The predicted molar refractivity (Wildman–Crippen MR) is 127 cm³/mol. The number of aromatic nitrogens is 1. The van der Waals surface area contributed by atoms with Gasteiger partial charge in [-0.2, -0.15) is 5.26 Å². The summed E-state index contributed by atoms with van der Waals surface area (Å²) in [5, 5.41) is 10.1. The molecule has 1 aliphatic heterocycles. The van der Waals surface area contributed by atoms with Gasteiger partial charge >= 0.3 is 0 Å². The first-order chi connectivity index (χ1) is 16.4. The van der Waals surface area contributed by atoms with Crippen molar-refractivity contribution in [2.75, 3.05) is 12.8 Å². The van der Waals surface area contributed by atoms with Crippen LogP contribution in [0.4, 0.5) is 10.1 Å². The van der Waals surface area contributed by atoms with Crippen LogP contribution in [0.3, 0.4) is 0 Å². The van der Waals surface area contributed by atoms with Gasteiger partial charge in [0.25, 0.3) is 5.91 Å². The second kappa shape index (κ2) is 8.32. The molecule has 0 spiro atoms. The zero-order chi connectivity index (χ0) is 24.0. The number of rotatable bonds is 4. The molecule has 2 N–H and O–H groups in total. The molecule has 4 aromatic rings. The van der Waals surface area contributed by atoms with E-state index in [-0.39, 0.29) is 18.1 Å². The fraction of sp³-hybridized carbons (Fsp3) is 0.115. The lowest BCUT2D eigenvalue weighted by molar-refractivity contribution is 0.0737. The minimum atomic E-state index is -0.701. The van der Waals surface area contributed by atoms with Gasteiger partial charge in [-0.1, -0.05) is 23.7 Å². The number of amides is 1. The highest BCUT2D eigenvalue weighted by molar-refractivity contribution is 6.31. The van der Waals surface area contributed by atoms with Gasteiger partial charge in [-0.25, -0.2) is 9.37 Å². The van der Waals surface area contributed by atoms with Gasteiger partial charge in [-0.3, -0.25) is 4.79 Å². The number of ether oxygens (including phenoxy) is 1. The van der Waals surface area contributed by atoms with E-state index in [1.807, 2.05) is 30.3 Å². The van der Waals surface area contributed by atoms with Gasteiger partial charge in [0, 0.05) is 33.8 Å². The van der Waals surface area contributed by atoms with Crippen LogP contribution in [0.5, 0.6) is 5.75 Å². The highest BCUT2D eigenvalue weighted by Gasteiger charge is 2.41. The maximum Gasteiger partial charge on any atom is 0.256 e. The molecule has 1 aliphatic rings. The van der Waals surface area contributed by atoms with E-state index in [4.69, 9.17) is 22.1 Å². The van der Waals surface area contributed by atoms with Crippen molar-refractivity contribution in [1.82, 2.24) is 9.88 Å². The molecule has 1 aromatic heterocycles. The van der Waals surface area contributed by atoms with Crippen molar-refractivity contribution in [3.05, 3.63) is 99.5 Å². The summed E-state index contributed by atoms with van der Waals surface area (Å²) >= 11 is 6.50. The summed E-state index contributed by atoms with van der Waals surface area (Å²) in [5.41, 5.74) is 9.65. The van der Waals surface area contributed by atoms with Crippen molar-refractivity contribution in [3.63, 3.8) is 0 Å². The topological polar surface area (TPSA) is 92.2 Å². The number of benzene rings is 3. The van der Waals surface area contributed by atoms with Crippen LogP contribution >= 0.6 is 11.6 Å². The van der Waals surface area contributed by atoms with E-state index in [1.54, 1.807) is 30.2 Å². The largest absolute Gasteiger partial charge is 0.497 e. The number of pyridine rings is 1. The molecule has 1 unspecified atom stereocenters. The Morgan fingerprint density at radius 3 is 2.65 bits per heavy atom. The van der Waals surface area contributed by atoms with Crippen LogP contribution in [0.25, 0.3) is 10.9 Å². The normalized spacial score (nSPS) is 14.8. The third kappa shape index (κ3) is 3.49. The Labute approximate surface area is 200 Å². The summed E-state index contributed by atoms with van der Waals surface area (Å²) < 4.78 is 19.5. The van der Waals surface area contributed by atoms with Crippen LogP contribution in [0.1, 0.15) is 38.8 Å². The molecule has 0 saturated heterocycles. The number of methoxy groups -OCH3 is 1. The van der Waals surface area contributed by atoms with Crippen molar-refractivity contribution >= 4 is 34.1 Å². The van der Waals surface area contributed by atoms with Crippen molar-refractivity contribution < 1.29 is 13.9 Å². The number of nitrogen functional groups attached to an aromatic ring is 1. The Kier molecular flexibility index (Phi) is 5.31. The smallest absolute Gasteiger partial charge is 0.256 e. The molecule has 2 heterocycles. The molecular formula is C26H18ClFN4O2. The van der Waals surface area contributed by atoms with Crippen molar-refractivity contribution in [3.8, 4) is 11.8 Å². The molecule has 1 amide bonds. The molecule has 3 aromatic carbocycles. The predicted octanol–water partition coefficient (Wildman–Crippen LogP) is 5.24. The van der Waals surface area contributed by atoms with E-state index in [0.29, 0.717) is 44.1 Å². The number of hydrogen-bond acceptors (Lipinski definition) is 5. The number of carbonyl (C=O) groups is 1. The first-order valence-corrected chi connectivity index (χ1v) is 10.8. The van der Waals surface area contributed by atoms with Gasteiger partial charge in [0.15, 0.2) is 0 Å². The molecular weight excluding hydrogens is 455 g/mol. The van der Waals surface area contributed by atoms with Crippen LogP contribution in [0.15, 0.2) is 60.7 Å². The van der Waals surface area contributed by atoms with Gasteiger partial charge < -0.3 is 15.4 Å². The molecule has 1 atom stereocenters. The van der Waals surface area contributed by atoms with Crippen LogP contribution in [-0.2, 0) is 6.54 Å². The number of carbonyl (C=O) groups excluding carboxylic acids is 1. The maximum absolute atomic E-state index is 14.3. The number of hydrogen-bond donors (Lipinski definition) is 1. The van der Waals surface area contributed by atoms with Gasteiger partial charge in [0.1, 0.15) is 23.3 Å². The zero-order valence-electron chi connectivity index (χ0n) is 18.0. The van der Waals surface area contributed by atoms with Crippen molar-refractivity contribution in [2.45, 2.75) is 12.6 Å². The van der Waals surface area contributed by atoms with Crippen LogP contribution in [0, 0.1) is 17.1 Å². The zero-order valence-corrected chi connectivity index (χ0v) is 18.8. The van der Waals surface area contributed by atoms with E-state index in [0.717, 1.165) is 5.56 Å². The Morgan fingerprint density at radius 1 is 1.18 bits per heavy atom. The average Bonchev–Trinajstić information content (AvgIpc) is 3.13. The second-order valence-corrected chi connectivity index (χ2v) is 8.39. The first-order valence-electron chi connectivity index (χ1n) is 10.4. The van der Waals surface area contributed by atoms with Gasteiger partial charge in [-0.05, 0) is 54.1 Å². The minimum Gasteiger partial charge on any atom is -0.497 e. The first kappa shape index (κ1) is 21.7. The van der Waals surface area contributed by atoms with Gasteiger partial charge in [-0.15, -0.1) is 0 Å². The standard InChI is InChI=1S/C26H18ClFN4O2/c1-34-17-6-2-14(3-7-17)13-32-25(19-10-15(28)4-9-20(19)27)24-21(30)11-22-18(23(24)26(32)33)8-5-16(12-29)31-22/h2-11,25H,13,30H2,1H3. The fourth-order valence-corrected chi connectivity index (χ4v) is 4.67.